The smallest absolute Gasteiger partial charge is 0.333 e. The highest BCUT2D eigenvalue weighted by atomic mass is 16.6. The minimum absolute atomic E-state index is 0.00265. The molecule has 1 aliphatic rings. The van der Waals surface area contributed by atoms with Crippen molar-refractivity contribution in [3.63, 3.8) is 0 Å². The monoisotopic (exact) mass is 544 g/mol. The van der Waals surface area contributed by atoms with Gasteiger partial charge in [-0.05, 0) is 59.4 Å². The molecule has 5 rings (SSSR count). The third-order valence-electron chi connectivity index (χ3n) is 7.25. The second-order valence-corrected chi connectivity index (χ2v) is 10.2. The minimum atomic E-state index is -0.813. The van der Waals surface area contributed by atoms with E-state index in [1.54, 1.807) is 13.8 Å². The molecule has 0 N–H and O–H groups in total. The Hall–Kier alpha value is -4.90. The average Bonchev–Trinajstić information content (AvgIpc) is 3.30. The Morgan fingerprint density at radius 1 is 0.659 bits per heavy atom. The van der Waals surface area contributed by atoms with Crippen LogP contribution in [0.25, 0.3) is 11.1 Å². The van der Waals surface area contributed by atoms with Gasteiger partial charge in [0.15, 0.2) is 6.10 Å². The van der Waals surface area contributed by atoms with Gasteiger partial charge in [-0.25, -0.2) is 9.59 Å². The van der Waals surface area contributed by atoms with Crippen molar-refractivity contribution in [1.29, 1.82) is 0 Å². The second-order valence-electron chi connectivity index (χ2n) is 10.2. The van der Waals surface area contributed by atoms with Gasteiger partial charge in [-0.3, -0.25) is 0 Å². The summed E-state index contributed by atoms with van der Waals surface area (Å²) in [6, 6.07) is 35.7. The summed E-state index contributed by atoms with van der Waals surface area (Å²) in [7, 11) is 0. The van der Waals surface area contributed by atoms with Gasteiger partial charge < -0.3 is 14.2 Å². The molecule has 4 aromatic carbocycles. The van der Waals surface area contributed by atoms with Crippen LogP contribution in [0, 0.1) is 0 Å². The Morgan fingerprint density at radius 3 is 1.73 bits per heavy atom. The van der Waals surface area contributed by atoms with Crippen LogP contribution in [0.4, 0.5) is 0 Å². The summed E-state index contributed by atoms with van der Waals surface area (Å²) in [6.45, 7) is 10.2. The van der Waals surface area contributed by atoms with Crippen molar-refractivity contribution in [2.75, 3.05) is 13.2 Å². The zero-order valence-electron chi connectivity index (χ0n) is 23.3. The number of rotatable bonds is 10. The van der Waals surface area contributed by atoms with Crippen molar-refractivity contribution >= 4 is 11.9 Å². The van der Waals surface area contributed by atoms with Crippen molar-refractivity contribution in [1.82, 2.24) is 0 Å². The van der Waals surface area contributed by atoms with E-state index in [1.807, 2.05) is 18.2 Å². The molecule has 0 aliphatic heterocycles. The number of fused-ring (bicyclic) bond motifs is 3. The highest BCUT2D eigenvalue weighted by Gasteiger charge is 2.45. The van der Waals surface area contributed by atoms with Gasteiger partial charge in [0.05, 0.1) is 5.41 Å². The number of ether oxygens (including phenoxy) is 3. The van der Waals surface area contributed by atoms with E-state index in [1.165, 1.54) is 27.8 Å². The number of carbonyl (C=O) groups is 2. The zero-order valence-corrected chi connectivity index (χ0v) is 23.3. The van der Waals surface area contributed by atoms with Gasteiger partial charge in [-0.1, -0.05) is 104 Å². The first kappa shape index (κ1) is 27.7. The van der Waals surface area contributed by atoms with E-state index in [4.69, 9.17) is 14.2 Å². The SMILES string of the molecule is C=C(C)C(=O)OCC(COc1ccc(C2(c3ccccc3)c3ccccc3-c3ccccc32)cc1)OC(=O)C(=C)C. The van der Waals surface area contributed by atoms with Crippen molar-refractivity contribution in [3.8, 4) is 16.9 Å². The van der Waals surface area contributed by atoms with Gasteiger partial charge in [-0.15, -0.1) is 0 Å². The molecule has 4 aromatic rings. The molecular weight excluding hydrogens is 512 g/mol. The summed E-state index contributed by atoms with van der Waals surface area (Å²) >= 11 is 0. The minimum Gasteiger partial charge on any atom is -0.490 e. The maximum absolute atomic E-state index is 12.2. The van der Waals surface area contributed by atoms with Gasteiger partial charge in [-0.2, -0.15) is 0 Å². The third-order valence-corrected chi connectivity index (χ3v) is 7.25. The van der Waals surface area contributed by atoms with E-state index < -0.39 is 23.5 Å². The summed E-state index contributed by atoms with van der Waals surface area (Å²) in [5.74, 6) is -0.545. The fourth-order valence-electron chi connectivity index (χ4n) is 5.36. The largest absolute Gasteiger partial charge is 0.490 e. The van der Waals surface area contributed by atoms with Crippen LogP contribution in [0.2, 0.25) is 0 Å². The molecular formula is C36H32O5. The van der Waals surface area contributed by atoms with Crippen LogP contribution < -0.4 is 4.74 Å². The lowest BCUT2D eigenvalue weighted by molar-refractivity contribution is -0.155. The summed E-state index contributed by atoms with van der Waals surface area (Å²) in [5, 5.41) is 0. The number of esters is 2. The first-order chi connectivity index (χ1) is 19.8. The molecule has 5 nitrogen and oxygen atoms in total. The van der Waals surface area contributed by atoms with E-state index in [-0.39, 0.29) is 24.4 Å². The van der Waals surface area contributed by atoms with Crippen molar-refractivity contribution in [2.24, 2.45) is 0 Å². The van der Waals surface area contributed by atoms with Gasteiger partial charge in [0.1, 0.15) is 19.0 Å². The molecule has 0 saturated carbocycles. The lowest BCUT2D eigenvalue weighted by Gasteiger charge is -2.34. The molecule has 0 saturated heterocycles. The molecule has 0 spiro atoms. The molecule has 1 unspecified atom stereocenters. The molecule has 1 aliphatic carbocycles. The zero-order chi connectivity index (χ0) is 29.0. The number of benzene rings is 4. The molecule has 0 amide bonds. The third kappa shape index (κ3) is 5.31. The van der Waals surface area contributed by atoms with Crippen LogP contribution in [-0.2, 0) is 24.5 Å². The van der Waals surface area contributed by atoms with Crippen molar-refractivity contribution in [3.05, 3.63) is 150 Å². The van der Waals surface area contributed by atoms with Crippen LogP contribution in [0.3, 0.4) is 0 Å². The normalized spacial score (nSPS) is 13.3. The molecule has 206 valence electrons. The van der Waals surface area contributed by atoms with Crippen LogP contribution in [0.1, 0.15) is 36.1 Å². The van der Waals surface area contributed by atoms with E-state index in [0.717, 1.165) is 5.56 Å². The van der Waals surface area contributed by atoms with Crippen LogP contribution in [0.15, 0.2) is 127 Å². The Kier molecular flexibility index (Phi) is 7.88. The van der Waals surface area contributed by atoms with E-state index in [0.29, 0.717) is 5.75 Å². The summed E-state index contributed by atoms with van der Waals surface area (Å²) in [6.07, 6.45) is -0.813. The molecule has 1 atom stereocenters. The van der Waals surface area contributed by atoms with Crippen LogP contribution >= 0.6 is 0 Å². The van der Waals surface area contributed by atoms with Crippen molar-refractivity contribution in [2.45, 2.75) is 25.4 Å². The molecule has 41 heavy (non-hydrogen) atoms. The maximum atomic E-state index is 12.2. The first-order valence-corrected chi connectivity index (χ1v) is 13.5. The fraction of sp³-hybridized carbons (Fsp3) is 0.167. The summed E-state index contributed by atoms with van der Waals surface area (Å²) < 4.78 is 16.7. The summed E-state index contributed by atoms with van der Waals surface area (Å²) in [5.41, 5.74) is 7.19. The topological polar surface area (TPSA) is 61.8 Å². The van der Waals surface area contributed by atoms with Crippen LogP contribution in [-0.4, -0.2) is 31.3 Å². The molecule has 0 heterocycles. The Morgan fingerprint density at radius 2 is 1.17 bits per heavy atom. The Balaban J connectivity index is 1.46. The highest BCUT2D eigenvalue weighted by molar-refractivity contribution is 5.88. The van der Waals surface area contributed by atoms with Gasteiger partial charge in [0.2, 0.25) is 0 Å². The molecule has 0 fully saturated rings. The summed E-state index contributed by atoms with van der Waals surface area (Å²) in [4.78, 5) is 24.1. The quantitative estimate of drug-likeness (QED) is 0.139. The lowest BCUT2D eigenvalue weighted by Crippen LogP contribution is -2.31. The Bertz CT molecular complexity index is 1560. The first-order valence-electron chi connectivity index (χ1n) is 13.5. The van der Waals surface area contributed by atoms with E-state index in [2.05, 4.69) is 98.1 Å². The molecule has 0 bridgehead atoms. The average molecular weight is 545 g/mol. The lowest BCUT2D eigenvalue weighted by atomic mass is 9.68. The van der Waals surface area contributed by atoms with Crippen molar-refractivity contribution < 1.29 is 23.8 Å². The molecule has 0 radical (unpaired) electrons. The van der Waals surface area contributed by atoms with Gasteiger partial charge in [0, 0.05) is 11.1 Å². The number of carbonyl (C=O) groups excluding carboxylic acids is 2. The van der Waals surface area contributed by atoms with E-state index >= 15 is 0 Å². The fourth-order valence-corrected chi connectivity index (χ4v) is 5.36. The Labute approximate surface area is 240 Å². The van der Waals surface area contributed by atoms with Gasteiger partial charge in [0.25, 0.3) is 0 Å². The number of hydrogen-bond donors (Lipinski definition) is 0. The predicted octanol–water partition coefficient (Wildman–Crippen LogP) is 7.04. The van der Waals surface area contributed by atoms with E-state index in [9.17, 15) is 9.59 Å². The number of hydrogen-bond acceptors (Lipinski definition) is 5. The predicted molar refractivity (Wildman–Crippen MR) is 160 cm³/mol. The highest BCUT2D eigenvalue weighted by Crippen LogP contribution is 2.55. The molecule has 0 aromatic heterocycles. The van der Waals surface area contributed by atoms with Gasteiger partial charge >= 0.3 is 11.9 Å². The molecule has 5 heteroatoms. The maximum Gasteiger partial charge on any atom is 0.333 e. The second kappa shape index (κ2) is 11.7. The standard InChI is InChI=1S/C36H32O5/c1-24(2)34(37)40-23-29(41-35(38)25(3)4)22-39-28-20-18-27(19-21-28)36(26-12-6-5-7-13-26)32-16-10-8-14-30(32)31-15-9-11-17-33(31)36/h5-21,29H,1,3,22-23H2,2,4H3. The van der Waals surface area contributed by atoms with Crippen LogP contribution in [0.5, 0.6) is 5.75 Å².